The smallest absolute Gasteiger partial charge is 0.335 e. The standard InChI is InChI=1S/C5H4O2.Li/c6-5-3-1-2-4-7-5;/h1-4H;. The fourth-order valence-electron chi connectivity index (χ4n) is 0.325. The molecule has 0 saturated carbocycles. The molecule has 0 atom stereocenters. The first-order valence-corrected chi connectivity index (χ1v) is 1.93. The quantitative estimate of drug-likeness (QED) is 0.441. The molecule has 1 radical (unpaired) electrons. The van der Waals surface area contributed by atoms with Crippen LogP contribution in [0.4, 0.5) is 0 Å². The fraction of sp³-hybridized carbons (Fsp3) is 0. The second-order valence-corrected chi connectivity index (χ2v) is 1.12. The molecule has 1 rings (SSSR count). The first-order valence-electron chi connectivity index (χ1n) is 1.93. The van der Waals surface area contributed by atoms with Crippen LogP contribution in [0.3, 0.4) is 0 Å². The zero-order chi connectivity index (χ0) is 5.11. The first kappa shape index (κ1) is 7.55. The molecule has 2 nitrogen and oxygen atoms in total. The Labute approximate surface area is 58.7 Å². The van der Waals surface area contributed by atoms with E-state index in [-0.39, 0.29) is 24.5 Å². The minimum absolute atomic E-state index is 0. The molecule has 3 heteroatoms. The monoisotopic (exact) mass is 103 g/mol. The van der Waals surface area contributed by atoms with E-state index in [1.807, 2.05) is 0 Å². The van der Waals surface area contributed by atoms with Crippen molar-refractivity contribution >= 4 is 18.9 Å². The molecule has 0 saturated heterocycles. The second-order valence-electron chi connectivity index (χ2n) is 1.12. The fourth-order valence-corrected chi connectivity index (χ4v) is 0.325. The van der Waals surface area contributed by atoms with Gasteiger partial charge in [-0.3, -0.25) is 0 Å². The average Bonchev–Trinajstić information content (AvgIpc) is 1.69. The summed E-state index contributed by atoms with van der Waals surface area (Å²) >= 11 is 0. The molecule has 0 N–H and O–H groups in total. The maximum Gasteiger partial charge on any atom is 0.335 e. The summed E-state index contributed by atoms with van der Waals surface area (Å²) in [5.41, 5.74) is -0.303. The van der Waals surface area contributed by atoms with Gasteiger partial charge in [0.2, 0.25) is 0 Å². The number of hydrogen-bond acceptors (Lipinski definition) is 2. The van der Waals surface area contributed by atoms with Crippen LogP contribution in [-0.4, -0.2) is 18.9 Å². The van der Waals surface area contributed by atoms with Crippen molar-refractivity contribution in [2.45, 2.75) is 0 Å². The minimum atomic E-state index is -0.303. The maximum absolute atomic E-state index is 10.1. The molecular weight excluding hydrogens is 99.0 g/mol. The van der Waals surface area contributed by atoms with Gasteiger partial charge in [-0.1, -0.05) is 6.07 Å². The van der Waals surface area contributed by atoms with E-state index < -0.39 is 0 Å². The molecule has 0 bridgehead atoms. The van der Waals surface area contributed by atoms with Crippen LogP contribution in [0.2, 0.25) is 0 Å². The Bertz CT molecular complexity index is 176. The molecule has 0 unspecified atom stereocenters. The predicted octanol–water partition coefficient (Wildman–Crippen LogP) is 0.259. The third-order valence-corrected chi connectivity index (χ3v) is 0.606. The van der Waals surface area contributed by atoms with Crippen molar-refractivity contribution in [2.24, 2.45) is 0 Å². The predicted molar refractivity (Wildman–Crippen MR) is 30.7 cm³/mol. The Balaban J connectivity index is 0.000000490. The molecule has 0 aliphatic heterocycles. The SMILES string of the molecule is O=c1cccco1.[Li]. The van der Waals surface area contributed by atoms with Gasteiger partial charge in [0, 0.05) is 24.9 Å². The molecule has 0 aliphatic carbocycles. The van der Waals surface area contributed by atoms with E-state index >= 15 is 0 Å². The van der Waals surface area contributed by atoms with Gasteiger partial charge >= 0.3 is 5.63 Å². The Kier molecular flexibility index (Phi) is 3.34. The van der Waals surface area contributed by atoms with Gasteiger partial charge in [0.1, 0.15) is 0 Å². The summed E-state index contributed by atoms with van der Waals surface area (Å²) in [6, 6.07) is 4.65. The molecule has 0 amide bonds. The summed E-state index contributed by atoms with van der Waals surface area (Å²) in [4.78, 5) is 10.1. The molecule has 0 aliphatic rings. The van der Waals surface area contributed by atoms with E-state index in [0.29, 0.717) is 0 Å². The molecule has 1 aromatic heterocycles. The minimum Gasteiger partial charge on any atom is -0.431 e. The van der Waals surface area contributed by atoms with Crippen molar-refractivity contribution in [2.75, 3.05) is 0 Å². The second kappa shape index (κ2) is 3.54. The topological polar surface area (TPSA) is 30.2 Å². The molecule has 37 valence electrons. The van der Waals surface area contributed by atoms with E-state index in [1.165, 1.54) is 12.3 Å². The summed E-state index contributed by atoms with van der Waals surface area (Å²) < 4.78 is 4.37. The van der Waals surface area contributed by atoms with Gasteiger partial charge in [0.25, 0.3) is 0 Å². The zero-order valence-electron chi connectivity index (χ0n) is 4.63. The Morgan fingerprint density at radius 2 is 2.12 bits per heavy atom. The Morgan fingerprint density at radius 1 is 1.38 bits per heavy atom. The van der Waals surface area contributed by atoms with Crippen molar-refractivity contribution < 1.29 is 4.42 Å². The maximum atomic E-state index is 10.1. The van der Waals surface area contributed by atoms with Crippen molar-refractivity contribution in [3.8, 4) is 0 Å². The van der Waals surface area contributed by atoms with Crippen molar-refractivity contribution in [1.29, 1.82) is 0 Å². The van der Waals surface area contributed by atoms with Crippen molar-refractivity contribution in [3.05, 3.63) is 34.9 Å². The Morgan fingerprint density at radius 3 is 2.38 bits per heavy atom. The summed E-state index contributed by atoms with van der Waals surface area (Å²) in [5, 5.41) is 0. The number of rotatable bonds is 0. The van der Waals surface area contributed by atoms with Crippen molar-refractivity contribution in [3.63, 3.8) is 0 Å². The molecule has 8 heavy (non-hydrogen) atoms. The van der Waals surface area contributed by atoms with Gasteiger partial charge in [-0.25, -0.2) is 4.79 Å². The number of hydrogen-bond donors (Lipinski definition) is 0. The molecular formula is C5H4LiO2. The van der Waals surface area contributed by atoms with Crippen LogP contribution in [0.15, 0.2) is 33.7 Å². The summed E-state index contributed by atoms with van der Waals surface area (Å²) in [6.45, 7) is 0. The summed E-state index contributed by atoms with van der Waals surface area (Å²) in [5.74, 6) is 0. The summed E-state index contributed by atoms with van der Waals surface area (Å²) in [7, 11) is 0. The molecule has 1 heterocycles. The summed E-state index contributed by atoms with van der Waals surface area (Å²) in [6.07, 6.45) is 1.35. The van der Waals surface area contributed by atoms with Crippen LogP contribution in [0.25, 0.3) is 0 Å². The largest absolute Gasteiger partial charge is 0.431 e. The van der Waals surface area contributed by atoms with Gasteiger partial charge in [-0.15, -0.1) is 0 Å². The zero-order valence-corrected chi connectivity index (χ0v) is 4.63. The van der Waals surface area contributed by atoms with Crippen molar-refractivity contribution in [1.82, 2.24) is 0 Å². The van der Waals surface area contributed by atoms with E-state index in [0.717, 1.165) is 0 Å². The molecule has 0 spiro atoms. The molecule has 1 aromatic rings. The Hall–Kier alpha value is -0.453. The van der Waals surface area contributed by atoms with Crippen LogP contribution in [-0.2, 0) is 0 Å². The van der Waals surface area contributed by atoms with Gasteiger partial charge in [0.15, 0.2) is 0 Å². The van der Waals surface area contributed by atoms with Gasteiger partial charge < -0.3 is 4.42 Å². The average molecular weight is 103 g/mol. The molecule has 0 fully saturated rings. The van der Waals surface area contributed by atoms with Crippen LogP contribution >= 0.6 is 0 Å². The third-order valence-electron chi connectivity index (χ3n) is 0.606. The third kappa shape index (κ3) is 2.01. The van der Waals surface area contributed by atoms with Gasteiger partial charge in [0.05, 0.1) is 6.26 Å². The van der Waals surface area contributed by atoms with Crippen LogP contribution < -0.4 is 5.63 Å². The van der Waals surface area contributed by atoms with E-state index in [2.05, 4.69) is 4.42 Å². The van der Waals surface area contributed by atoms with Gasteiger partial charge in [-0.05, 0) is 6.07 Å². The van der Waals surface area contributed by atoms with Crippen LogP contribution in [0.5, 0.6) is 0 Å². The first-order chi connectivity index (χ1) is 3.39. The van der Waals surface area contributed by atoms with E-state index in [9.17, 15) is 4.79 Å². The van der Waals surface area contributed by atoms with Gasteiger partial charge in [-0.2, -0.15) is 0 Å². The van der Waals surface area contributed by atoms with Crippen LogP contribution in [0.1, 0.15) is 0 Å². The van der Waals surface area contributed by atoms with E-state index in [4.69, 9.17) is 0 Å². The van der Waals surface area contributed by atoms with E-state index in [1.54, 1.807) is 12.1 Å². The van der Waals surface area contributed by atoms with Crippen LogP contribution in [0, 0.1) is 0 Å². The molecule has 0 aromatic carbocycles. The normalized spacial score (nSPS) is 7.50.